The van der Waals surface area contributed by atoms with Crippen molar-refractivity contribution < 1.29 is 9.53 Å². The van der Waals surface area contributed by atoms with Gasteiger partial charge in [0.05, 0.1) is 24.2 Å². The van der Waals surface area contributed by atoms with Crippen molar-refractivity contribution in [1.29, 1.82) is 0 Å². The molecule has 0 aliphatic heterocycles. The van der Waals surface area contributed by atoms with Crippen molar-refractivity contribution in [2.75, 3.05) is 30.0 Å². The van der Waals surface area contributed by atoms with Gasteiger partial charge in [-0.3, -0.25) is 15.2 Å². The van der Waals surface area contributed by atoms with Gasteiger partial charge in [-0.2, -0.15) is 15.1 Å². The summed E-state index contributed by atoms with van der Waals surface area (Å²) in [6.07, 6.45) is 6.02. The van der Waals surface area contributed by atoms with Gasteiger partial charge in [-0.25, -0.2) is 0 Å². The van der Waals surface area contributed by atoms with E-state index in [0.29, 0.717) is 36.0 Å². The molecule has 0 unspecified atom stereocenters. The highest BCUT2D eigenvalue weighted by Gasteiger charge is 2.11. The van der Waals surface area contributed by atoms with Gasteiger partial charge >= 0.3 is 6.01 Å². The summed E-state index contributed by atoms with van der Waals surface area (Å²) in [5, 5.41) is 4.27. The Bertz CT molecular complexity index is 1080. The van der Waals surface area contributed by atoms with Crippen molar-refractivity contribution in [3.05, 3.63) is 71.7 Å². The lowest BCUT2D eigenvalue weighted by atomic mass is 10.2. The first kappa shape index (κ1) is 24.6. The number of anilines is 2. The third-order valence-corrected chi connectivity index (χ3v) is 4.88. The van der Waals surface area contributed by atoms with E-state index in [0.717, 1.165) is 37.4 Å². The molecule has 34 heavy (non-hydrogen) atoms. The summed E-state index contributed by atoms with van der Waals surface area (Å²) in [5.74, 6) is 0.302. The zero-order valence-corrected chi connectivity index (χ0v) is 19.6. The van der Waals surface area contributed by atoms with Gasteiger partial charge in [0.15, 0.2) is 0 Å². The first-order valence-electron chi connectivity index (χ1n) is 11.4. The molecule has 2 aromatic heterocycles. The van der Waals surface area contributed by atoms with Crippen LogP contribution in [0.2, 0.25) is 0 Å². The number of nitrogens with two attached hydrogens (primary N) is 1. The molecule has 1 aromatic carbocycles. The Morgan fingerprint density at radius 2 is 1.94 bits per heavy atom. The Balaban J connectivity index is 1.77. The lowest BCUT2D eigenvalue weighted by Gasteiger charge is -2.23. The number of primary amides is 1. The Morgan fingerprint density at radius 1 is 1.12 bits per heavy atom. The number of benzene rings is 1. The quantitative estimate of drug-likeness (QED) is 0.294. The predicted molar refractivity (Wildman–Crippen MR) is 134 cm³/mol. The number of hydrogen-bond donors (Lipinski definition) is 2. The Morgan fingerprint density at radius 3 is 2.65 bits per heavy atom. The van der Waals surface area contributed by atoms with E-state index in [1.807, 2.05) is 24.3 Å². The van der Waals surface area contributed by atoms with E-state index in [2.05, 4.69) is 44.2 Å². The maximum absolute atomic E-state index is 11.4. The molecular formula is C25H31N7O2. The number of rotatable bonds is 13. The molecule has 3 N–H and O–H groups in total. The van der Waals surface area contributed by atoms with Crippen LogP contribution in [0.3, 0.4) is 0 Å². The van der Waals surface area contributed by atoms with E-state index in [1.165, 1.54) is 0 Å². The number of carbonyl (C=O) groups excluding carboxylic acids is 1. The SMILES string of the molecule is CCCN(CCC)c1cc(/C=N/Nc2cccc(C(N)=O)c2)nc(OCCc2ccccn2)n1. The van der Waals surface area contributed by atoms with Crippen molar-refractivity contribution >= 4 is 23.6 Å². The summed E-state index contributed by atoms with van der Waals surface area (Å²) in [4.78, 5) is 27.1. The Hall–Kier alpha value is -4.01. The lowest BCUT2D eigenvalue weighted by Crippen LogP contribution is -2.26. The van der Waals surface area contributed by atoms with Crippen molar-refractivity contribution in [1.82, 2.24) is 15.0 Å². The minimum atomic E-state index is -0.493. The molecule has 0 spiro atoms. The van der Waals surface area contributed by atoms with Crippen LogP contribution in [0.4, 0.5) is 11.5 Å². The van der Waals surface area contributed by atoms with Crippen LogP contribution < -0.4 is 20.8 Å². The van der Waals surface area contributed by atoms with Crippen LogP contribution in [-0.4, -0.2) is 46.8 Å². The number of hydrogen-bond acceptors (Lipinski definition) is 8. The largest absolute Gasteiger partial charge is 0.463 e. The molecular weight excluding hydrogens is 430 g/mol. The molecule has 1 amide bonds. The van der Waals surface area contributed by atoms with E-state index >= 15 is 0 Å². The van der Waals surface area contributed by atoms with E-state index in [-0.39, 0.29) is 0 Å². The highest BCUT2D eigenvalue weighted by atomic mass is 16.5. The minimum Gasteiger partial charge on any atom is -0.463 e. The number of ether oxygens (including phenoxy) is 1. The lowest BCUT2D eigenvalue weighted by molar-refractivity contribution is 0.100. The van der Waals surface area contributed by atoms with E-state index in [4.69, 9.17) is 10.5 Å². The fourth-order valence-electron chi connectivity index (χ4n) is 3.31. The van der Waals surface area contributed by atoms with Gasteiger partial charge < -0.3 is 15.4 Å². The highest BCUT2D eigenvalue weighted by Crippen LogP contribution is 2.17. The number of amides is 1. The Labute approximate surface area is 200 Å². The smallest absolute Gasteiger partial charge is 0.318 e. The maximum Gasteiger partial charge on any atom is 0.318 e. The average molecular weight is 462 g/mol. The zero-order chi connectivity index (χ0) is 24.2. The van der Waals surface area contributed by atoms with E-state index in [9.17, 15) is 4.79 Å². The molecule has 3 aromatic rings. The second kappa shape index (κ2) is 12.9. The molecule has 0 radical (unpaired) electrons. The second-order valence-electron chi connectivity index (χ2n) is 7.66. The van der Waals surface area contributed by atoms with Crippen LogP contribution in [0, 0.1) is 0 Å². The molecule has 3 rings (SSSR count). The van der Waals surface area contributed by atoms with Crippen molar-refractivity contribution in [2.24, 2.45) is 10.8 Å². The summed E-state index contributed by atoms with van der Waals surface area (Å²) >= 11 is 0. The standard InChI is InChI=1S/C25H31N7O2/c1-3-13-32(14-4-2)23-17-22(18-28-31-21-10-7-8-19(16-21)24(26)33)29-25(30-23)34-15-11-20-9-5-6-12-27-20/h5-10,12,16-18,31H,3-4,11,13-15H2,1-2H3,(H2,26,33)/b28-18+. The molecule has 0 fully saturated rings. The third-order valence-electron chi connectivity index (χ3n) is 4.88. The van der Waals surface area contributed by atoms with Gasteiger partial charge in [-0.05, 0) is 43.2 Å². The molecule has 178 valence electrons. The number of aromatic nitrogens is 3. The summed E-state index contributed by atoms with van der Waals surface area (Å²) in [6, 6.07) is 14.8. The van der Waals surface area contributed by atoms with Gasteiger partial charge in [-0.1, -0.05) is 26.0 Å². The molecule has 0 bridgehead atoms. The zero-order valence-electron chi connectivity index (χ0n) is 19.6. The molecule has 2 heterocycles. The van der Waals surface area contributed by atoms with Gasteiger partial charge in [0.25, 0.3) is 0 Å². The number of pyridine rings is 1. The number of nitrogens with one attached hydrogen (secondary N) is 1. The first-order chi connectivity index (χ1) is 16.6. The van der Waals surface area contributed by atoms with Crippen molar-refractivity contribution in [2.45, 2.75) is 33.1 Å². The van der Waals surface area contributed by atoms with Gasteiger partial charge in [0.2, 0.25) is 5.91 Å². The minimum absolute atomic E-state index is 0.294. The molecule has 0 aliphatic rings. The fourth-order valence-corrected chi connectivity index (χ4v) is 3.31. The summed E-state index contributed by atoms with van der Waals surface area (Å²) in [5.41, 5.74) is 10.9. The van der Waals surface area contributed by atoms with E-state index in [1.54, 1.807) is 36.7 Å². The Kier molecular flexibility index (Phi) is 9.33. The van der Waals surface area contributed by atoms with Crippen LogP contribution in [0.5, 0.6) is 6.01 Å². The van der Waals surface area contributed by atoms with Crippen LogP contribution >= 0.6 is 0 Å². The third kappa shape index (κ3) is 7.54. The number of nitrogens with zero attached hydrogens (tertiary/aromatic N) is 5. The van der Waals surface area contributed by atoms with Crippen molar-refractivity contribution in [3.63, 3.8) is 0 Å². The first-order valence-corrected chi connectivity index (χ1v) is 11.4. The van der Waals surface area contributed by atoms with Gasteiger partial charge in [-0.15, -0.1) is 0 Å². The van der Waals surface area contributed by atoms with Gasteiger partial charge in [0, 0.05) is 43.0 Å². The monoisotopic (exact) mass is 461 g/mol. The molecule has 0 saturated heterocycles. The topological polar surface area (TPSA) is 119 Å². The van der Waals surface area contributed by atoms with Crippen LogP contribution in [-0.2, 0) is 6.42 Å². The molecule has 9 heteroatoms. The molecule has 9 nitrogen and oxygen atoms in total. The van der Waals surface area contributed by atoms with Crippen LogP contribution in [0.15, 0.2) is 59.8 Å². The fraction of sp³-hybridized carbons (Fsp3) is 0.320. The molecule has 0 saturated carbocycles. The number of hydrazone groups is 1. The summed E-state index contributed by atoms with van der Waals surface area (Å²) in [6.45, 7) is 6.46. The second-order valence-corrected chi connectivity index (χ2v) is 7.66. The molecule has 0 aliphatic carbocycles. The summed E-state index contributed by atoms with van der Waals surface area (Å²) in [7, 11) is 0. The van der Waals surface area contributed by atoms with Gasteiger partial charge in [0.1, 0.15) is 5.82 Å². The van der Waals surface area contributed by atoms with E-state index < -0.39 is 5.91 Å². The normalized spacial score (nSPS) is 10.9. The van der Waals surface area contributed by atoms with Crippen LogP contribution in [0.25, 0.3) is 0 Å². The molecule has 0 atom stereocenters. The predicted octanol–water partition coefficient (Wildman–Crippen LogP) is 3.66. The maximum atomic E-state index is 11.4. The average Bonchev–Trinajstić information content (AvgIpc) is 2.85. The summed E-state index contributed by atoms with van der Waals surface area (Å²) < 4.78 is 5.88. The van der Waals surface area contributed by atoms with Crippen molar-refractivity contribution in [3.8, 4) is 6.01 Å². The highest BCUT2D eigenvalue weighted by molar-refractivity contribution is 5.93. The van der Waals surface area contributed by atoms with Crippen LogP contribution in [0.1, 0.15) is 48.4 Å². The number of carbonyl (C=O) groups is 1.